The number of aromatic nitrogens is 1. The maximum atomic E-state index is 12.3. The maximum Gasteiger partial charge on any atom is 0.163 e. The Bertz CT molecular complexity index is 1130. The number of ketones is 1. The first-order valence-electron chi connectivity index (χ1n) is 8.74. The minimum Gasteiger partial charge on any atom is -0.294 e. The second-order valence-corrected chi connectivity index (χ2v) is 6.67. The second kappa shape index (κ2) is 5.52. The number of fused-ring (bicyclic) bond motifs is 5. The zero-order valence-corrected chi connectivity index (χ0v) is 13.8. The van der Waals surface area contributed by atoms with E-state index in [-0.39, 0.29) is 5.78 Å². The number of rotatable bonds is 1. The second-order valence-electron chi connectivity index (χ2n) is 6.67. The fraction of sp³-hybridized carbons (Fsp3) is 0.130. The van der Waals surface area contributed by atoms with Crippen molar-refractivity contribution in [3.63, 3.8) is 0 Å². The van der Waals surface area contributed by atoms with E-state index >= 15 is 0 Å². The molecule has 120 valence electrons. The summed E-state index contributed by atoms with van der Waals surface area (Å²) in [4.78, 5) is 16.5. The molecule has 1 aliphatic carbocycles. The molecule has 0 unspecified atom stereocenters. The normalized spacial score (nSPS) is 14.0. The molecule has 0 N–H and O–H groups in total. The summed E-state index contributed by atoms with van der Waals surface area (Å²) in [6, 6.07) is 19.0. The fourth-order valence-electron chi connectivity index (χ4n) is 4.10. The van der Waals surface area contributed by atoms with E-state index in [1.54, 1.807) is 0 Å². The first kappa shape index (κ1) is 14.4. The summed E-state index contributed by atoms with van der Waals surface area (Å²) in [7, 11) is 0. The molecular formula is C23H17NO. The van der Waals surface area contributed by atoms with E-state index in [4.69, 9.17) is 0 Å². The van der Waals surface area contributed by atoms with Crippen LogP contribution in [0.4, 0.5) is 0 Å². The predicted molar refractivity (Wildman–Crippen MR) is 102 cm³/mol. The molecule has 2 heteroatoms. The molecule has 0 aliphatic heterocycles. The molecule has 3 aromatic carbocycles. The molecule has 0 saturated carbocycles. The Hall–Kier alpha value is -3.00. The Kier molecular flexibility index (Phi) is 3.17. The molecule has 0 fully saturated rings. The standard InChI is InChI=1S/C23H17NO/c25-23-7-3-6-18-20(23)9-8-19-16-4-1-2-5-17(16)21(14-22(18)19)15-10-12-24-13-11-15/h1-2,4-5,8-14H,3,6-7H2. The summed E-state index contributed by atoms with van der Waals surface area (Å²) >= 11 is 0. The number of benzene rings is 3. The van der Waals surface area contributed by atoms with Gasteiger partial charge < -0.3 is 0 Å². The van der Waals surface area contributed by atoms with E-state index in [9.17, 15) is 4.79 Å². The van der Waals surface area contributed by atoms with Crippen LogP contribution in [0.15, 0.2) is 67.0 Å². The van der Waals surface area contributed by atoms with Gasteiger partial charge in [-0.1, -0.05) is 36.4 Å². The molecule has 2 nitrogen and oxygen atoms in total. The van der Waals surface area contributed by atoms with Gasteiger partial charge in [0.1, 0.15) is 0 Å². The molecule has 0 radical (unpaired) electrons. The van der Waals surface area contributed by atoms with Gasteiger partial charge in [0.2, 0.25) is 0 Å². The van der Waals surface area contributed by atoms with Crippen LogP contribution in [-0.2, 0) is 6.42 Å². The van der Waals surface area contributed by atoms with Gasteiger partial charge in [-0.15, -0.1) is 0 Å². The van der Waals surface area contributed by atoms with Crippen molar-refractivity contribution in [3.05, 3.63) is 78.1 Å². The van der Waals surface area contributed by atoms with Gasteiger partial charge >= 0.3 is 0 Å². The topological polar surface area (TPSA) is 30.0 Å². The number of nitrogens with zero attached hydrogens (tertiary/aromatic N) is 1. The first-order valence-corrected chi connectivity index (χ1v) is 8.74. The van der Waals surface area contributed by atoms with E-state index < -0.39 is 0 Å². The van der Waals surface area contributed by atoms with Crippen LogP contribution in [0, 0.1) is 0 Å². The monoisotopic (exact) mass is 323 g/mol. The Labute approximate surface area is 146 Å². The molecule has 5 rings (SSSR count). The Morgan fingerprint density at radius 3 is 2.32 bits per heavy atom. The lowest BCUT2D eigenvalue weighted by molar-refractivity contribution is 0.0973. The van der Waals surface area contributed by atoms with Gasteiger partial charge in [-0.3, -0.25) is 9.78 Å². The predicted octanol–water partition coefficient (Wildman–Crippen LogP) is 5.57. The Morgan fingerprint density at radius 1 is 0.720 bits per heavy atom. The number of carbonyl (C=O) groups excluding carboxylic acids is 1. The van der Waals surface area contributed by atoms with Crippen LogP contribution < -0.4 is 0 Å². The number of aryl methyl sites for hydroxylation is 1. The molecule has 1 heterocycles. The Balaban J connectivity index is 1.95. The van der Waals surface area contributed by atoms with Crippen molar-refractivity contribution in [3.8, 4) is 11.1 Å². The van der Waals surface area contributed by atoms with Crippen molar-refractivity contribution in [2.45, 2.75) is 19.3 Å². The van der Waals surface area contributed by atoms with Gasteiger partial charge in [0.25, 0.3) is 0 Å². The molecule has 0 bridgehead atoms. The summed E-state index contributed by atoms with van der Waals surface area (Å²) in [5.41, 5.74) is 4.49. The summed E-state index contributed by atoms with van der Waals surface area (Å²) in [6.07, 6.45) is 6.26. The molecule has 1 aliphatic rings. The van der Waals surface area contributed by atoms with Gasteiger partial charge in [-0.2, -0.15) is 0 Å². The van der Waals surface area contributed by atoms with Crippen molar-refractivity contribution >= 4 is 27.3 Å². The van der Waals surface area contributed by atoms with E-state index in [1.807, 2.05) is 30.6 Å². The highest BCUT2D eigenvalue weighted by molar-refractivity contribution is 6.16. The lowest BCUT2D eigenvalue weighted by Gasteiger charge is -2.19. The molecule has 1 aromatic heterocycles. The SMILES string of the molecule is O=C1CCCc2c1ccc1c2cc(-c2ccncc2)c2ccccc21. The highest BCUT2D eigenvalue weighted by Crippen LogP contribution is 2.38. The highest BCUT2D eigenvalue weighted by Gasteiger charge is 2.20. The van der Waals surface area contributed by atoms with Crippen molar-refractivity contribution in [2.75, 3.05) is 0 Å². The van der Waals surface area contributed by atoms with Gasteiger partial charge in [0.15, 0.2) is 5.78 Å². The smallest absolute Gasteiger partial charge is 0.163 e. The van der Waals surface area contributed by atoms with Crippen molar-refractivity contribution in [2.24, 2.45) is 0 Å². The quantitative estimate of drug-likeness (QED) is 0.428. The fourth-order valence-corrected chi connectivity index (χ4v) is 4.10. The number of carbonyl (C=O) groups is 1. The van der Waals surface area contributed by atoms with Crippen molar-refractivity contribution in [1.29, 1.82) is 0 Å². The van der Waals surface area contributed by atoms with E-state index in [2.05, 4.69) is 41.4 Å². The maximum absolute atomic E-state index is 12.3. The van der Waals surface area contributed by atoms with Crippen LogP contribution >= 0.6 is 0 Å². The average Bonchev–Trinajstić information content (AvgIpc) is 2.68. The zero-order valence-electron chi connectivity index (χ0n) is 13.8. The van der Waals surface area contributed by atoms with Crippen LogP contribution in [0.5, 0.6) is 0 Å². The summed E-state index contributed by atoms with van der Waals surface area (Å²) in [5.74, 6) is 0.279. The van der Waals surface area contributed by atoms with Crippen LogP contribution in [0.1, 0.15) is 28.8 Å². The van der Waals surface area contributed by atoms with Crippen LogP contribution in [0.25, 0.3) is 32.7 Å². The molecule has 0 spiro atoms. The lowest BCUT2D eigenvalue weighted by atomic mass is 9.84. The Morgan fingerprint density at radius 2 is 1.48 bits per heavy atom. The lowest BCUT2D eigenvalue weighted by Crippen LogP contribution is -2.11. The van der Waals surface area contributed by atoms with Crippen LogP contribution in [0.3, 0.4) is 0 Å². The average molecular weight is 323 g/mol. The minimum absolute atomic E-state index is 0.279. The largest absolute Gasteiger partial charge is 0.294 e. The van der Waals surface area contributed by atoms with Gasteiger partial charge in [0, 0.05) is 24.4 Å². The molecule has 0 amide bonds. The van der Waals surface area contributed by atoms with E-state index in [0.29, 0.717) is 6.42 Å². The van der Waals surface area contributed by atoms with Crippen molar-refractivity contribution < 1.29 is 4.79 Å². The number of pyridine rings is 1. The van der Waals surface area contributed by atoms with E-state index in [0.717, 1.165) is 24.0 Å². The zero-order chi connectivity index (χ0) is 16.8. The summed E-state index contributed by atoms with van der Waals surface area (Å²) < 4.78 is 0. The molecule has 0 atom stereocenters. The van der Waals surface area contributed by atoms with Gasteiger partial charge in [0.05, 0.1) is 0 Å². The third-order valence-electron chi connectivity index (χ3n) is 5.28. The van der Waals surface area contributed by atoms with Gasteiger partial charge in [-0.25, -0.2) is 0 Å². The number of Topliss-reactive ketones (excluding diaryl/α,β-unsaturated/α-hetero) is 1. The third-order valence-corrected chi connectivity index (χ3v) is 5.28. The number of hydrogen-bond acceptors (Lipinski definition) is 2. The third kappa shape index (κ3) is 2.18. The number of hydrogen-bond donors (Lipinski definition) is 0. The summed E-state index contributed by atoms with van der Waals surface area (Å²) in [5, 5.41) is 4.94. The van der Waals surface area contributed by atoms with Crippen LogP contribution in [-0.4, -0.2) is 10.8 Å². The molecule has 4 aromatic rings. The molecular weight excluding hydrogens is 306 g/mol. The molecule has 25 heavy (non-hydrogen) atoms. The van der Waals surface area contributed by atoms with Gasteiger partial charge in [-0.05, 0) is 69.3 Å². The first-order chi connectivity index (χ1) is 12.3. The van der Waals surface area contributed by atoms with Crippen molar-refractivity contribution in [1.82, 2.24) is 4.98 Å². The summed E-state index contributed by atoms with van der Waals surface area (Å²) in [6.45, 7) is 0. The highest BCUT2D eigenvalue weighted by atomic mass is 16.1. The van der Waals surface area contributed by atoms with Crippen LogP contribution in [0.2, 0.25) is 0 Å². The minimum atomic E-state index is 0.279. The van der Waals surface area contributed by atoms with E-state index in [1.165, 1.54) is 32.7 Å². The molecule has 0 saturated heterocycles.